The van der Waals surface area contributed by atoms with Gasteiger partial charge >= 0.3 is 36.2 Å². The highest BCUT2D eigenvalue weighted by Gasteiger charge is 2.92. The van der Waals surface area contributed by atoms with E-state index in [4.69, 9.17) is 0 Å². The van der Waals surface area contributed by atoms with Crippen molar-refractivity contribution in [1.82, 2.24) is 13.4 Å². The van der Waals surface area contributed by atoms with Gasteiger partial charge in [-0.2, -0.15) is 14.4 Å². The van der Waals surface area contributed by atoms with E-state index in [1.165, 1.54) is 0 Å². The second-order valence-electron chi connectivity index (χ2n) is 10.2. The van der Waals surface area contributed by atoms with Crippen LogP contribution >= 0.6 is 0 Å². The second kappa shape index (κ2) is 6.88. The van der Waals surface area contributed by atoms with Gasteiger partial charge in [0.2, 0.25) is 17.1 Å². The smallest absolute Gasteiger partial charge is 0.427 e. The van der Waals surface area contributed by atoms with Gasteiger partial charge in [-0.3, -0.25) is 0 Å². The summed E-state index contributed by atoms with van der Waals surface area (Å²) in [6.07, 6.45) is -3.80. The third-order valence-corrected chi connectivity index (χ3v) is 8.39. The minimum absolute atomic E-state index is 0.250. The van der Waals surface area contributed by atoms with Gasteiger partial charge in [-0.1, -0.05) is 36.4 Å². The Bertz CT molecular complexity index is 1620. The molecule has 3 aromatic rings. The number of nitrogens with zero attached hydrogens (tertiary/aromatic N) is 6. The molecule has 1 saturated heterocycles. The minimum atomic E-state index is -1.27. The molecule has 0 bridgehead atoms. The van der Waals surface area contributed by atoms with Crippen LogP contribution in [0, 0.1) is 0 Å². The third kappa shape index (κ3) is 2.27. The molecule has 3 aromatic carbocycles. The molecule has 4 heterocycles. The van der Waals surface area contributed by atoms with Crippen LogP contribution in [-0.4, -0.2) is 86.3 Å². The van der Waals surface area contributed by atoms with E-state index in [9.17, 15) is 29.7 Å². The molecular weight excluding hydrogens is 504 g/mol. The molecular formula is C27H24N6O6+6. The monoisotopic (exact) mass is 528 g/mol. The van der Waals surface area contributed by atoms with Crippen LogP contribution in [0.4, 0.5) is 48.5 Å². The lowest BCUT2D eigenvalue weighted by molar-refractivity contribution is -0.371. The van der Waals surface area contributed by atoms with Crippen molar-refractivity contribution in [2.24, 2.45) is 0 Å². The standard InChI is InChI=1S/C27H21N6O6/c1-31-19-13-7-4-10-16(19)28(25(34)35)22(31)33(3)21-15-9-6-12-18(21)30(27(38)39)24(33)32(2)20-14-8-5-11-17(20)29(23(31)32)26(36)37/h4-15H,1-3H3/q+3/p+3. The van der Waals surface area contributed by atoms with Crippen LogP contribution < -0.4 is 13.4 Å². The SMILES string of the molecule is C[N+]12C3=[N+](C(=O)O)c4ccccc4[N+]3(C)C3=[N+](C(=O)O)c4ccccc4[N+]3(C)C1=[N+](C(=O)O)c1ccccc12. The minimum Gasteiger partial charge on any atom is -0.427 e. The first kappa shape index (κ1) is 23.1. The van der Waals surface area contributed by atoms with Crippen LogP contribution in [0.2, 0.25) is 0 Å². The second-order valence-corrected chi connectivity index (χ2v) is 10.2. The first-order valence-electron chi connectivity index (χ1n) is 12.1. The maximum absolute atomic E-state index is 13.0. The van der Waals surface area contributed by atoms with Crippen molar-refractivity contribution in [3.63, 3.8) is 0 Å². The molecule has 7 rings (SSSR count). The number of benzene rings is 3. The largest absolute Gasteiger partial charge is 0.610 e. The summed E-state index contributed by atoms with van der Waals surface area (Å²) >= 11 is 0. The Labute approximate surface area is 221 Å². The molecule has 0 unspecified atom stereocenters. The van der Waals surface area contributed by atoms with Crippen LogP contribution in [0.1, 0.15) is 0 Å². The van der Waals surface area contributed by atoms with Crippen LogP contribution in [0.5, 0.6) is 0 Å². The summed E-state index contributed by atoms with van der Waals surface area (Å²) in [5.74, 6) is 0.749. The number of rotatable bonds is 0. The predicted octanol–water partition coefficient (Wildman–Crippen LogP) is 3.99. The molecule has 4 aliphatic rings. The number of hydrogen-bond acceptors (Lipinski definition) is 3. The average Bonchev–Trinajstić information content (AvgIpc) is 3.46. The lowest BCUT2D eigenvalue weighted by Gasteiger charge is -2.35. The van der Waals surface area contributed by atoms with E-state index in [0.29, 0.717) is 34.1 Å². The van der Waals surface area contributed by atoms with E-state index < -0.39 is 18.3 Å². The normalized spacial score (nSPS) is 27.5. The Morgan fingerprint density at radius 3 is 0.949 bits per heavy atom. The van der Waals surface area contributed by atoms with Crippen LogP contribution in [0.25, 0.3) is 0 Å². The van der Waals surface area contributed by atoms with E-state index in [0.717, 1.165) is 13.7 Å². The summed E-state index contributed by atoms with van der Waals surface area (Å²) < 4.78 is 2.58. The maximum atomic E-state index is 13.0. The average molecular weight is 529 g/mol. The van der Waals surface area contributed by atoms with E-state index >= 15 is 0 Å². The molecule has 3 N–H and O–H groups in total. The number of amides is 3. The fraction of sp³-hybridized carbons (Fsp3) is 0.111. The summed E-state index contributed by atoms with van der Waals surface area (Å²) in [5, 5.41) is 31.9. The molecule has 4 aliphatic heterocycles. The first-order chi connectivity index (χ1) is 18.5. The predicted molar refractivity (Wildman–Crippen MR) is 141 cm³/mol. The highest BCUT2D eigenvalue weighted by molar-refractivity contribution is 6.37. The van der Waals surface area contributed by atoms with Gasteiger partial charge in [-0.15, -0.1) is 0 Å². The van der Waals surface area contributed by atoms with Gasteiger partial charge < -0.3 is 15.3 Å². The number of carbonyl (C=O) groups is 3. The highest BCUT2D eigenvalue weighted by Crippen LogP contribution is 2.56. The van der Waals surface area contributed by atoms with Crippen LogP contribution in [0.3, 0.4) is 0 Å². The van der Waals surface area contributed by atoms with Crippen molar-refractivity contribution in [3.8, 4) is 0 Å². The van der Waals surface area contributed by atoms with Crippen molar-refractivity contribution in [1.29, 1.82) is 0 Å². The molecule has 39 heavy (non-hydrogen) atoms. The number of hydrogen-bond donors (Lipinski definition) is 3. The molecule has 0 aromatic heterocycles. The number of quaternary nitrogens is 3. The van der Waals surface area contributed by atoms with Gasteiger partial charge in [0.15, 0.2) is 0 Å². The van der Waals surface area contributed by atoms with Crippen LogP contribution in [-0.2, 0) is 0 Å². The Morgan fingerprint density at radius 1 is 0.487 bits per heavy atom. The van der Waals surface area contributed by atoms with Gasteiger partial charge in [0.05, 0.1) is 0 Å². The van der Waals surface area contributed by atoms with E-state index in [-0.39, 0.29) is 31.3 Å². The summed E-state index contributed by atoms with van der Waals surface area (Å²) in [6, 6.07) is 20.9. The van der Waals surface area contributed by atoms with Gasteiger partial charge in [-0.25, -0.2) is 0 Å². The number of guanidine groups is 3. The van der Waals surface area contributed by atoms with Gasteiger partial charge in [0.25, 0.3) is 17.1 Å². The van der Waals surface area contributed by atoms with Crippen molar-refractivity contribution in [3.05, 3.63) is 72.8 Å². The Hall–Kier alpha value is -5.04. The Balaban J connectivity index is 1.82. The molecule has 12 heteroatoms. The molecule has 0 aliphatic carbocycles. The molecule has 1 fully saturated rings. The fourth-order valence-electron chi connectivity index (χ4n) is 7.30. The summed E-state index contributed by atoms with van der Waals surface area (Å²) in [5.41, 5.74) is 2.77. The van der Waals surface area contributed by atoms with E-state index in [1.807, 2.05) is 0 Å². The molecule has 0 radical (unpaired) electrons. The fourth-order valence-corrected chi connectivity index (χ4v) is 7.30. The molecule has 12 nitrogen and oxygen atoms in total. The summed E-state index contributed by atoms with van der Waals surface area (Å²) in [6.45, 7) is 0. The number of fused-ring (bicyclic) bond motifs is 12. The molecule has 3 amide bonds. The zero-order valence-electron chi connectivity index (χ0n) is 21.2. The molecule has 0 atom stereocenters. The number of carboxylic acid groups (broad SMARTS) is 3. The number of para-hydroxylation sites is 6. The van der Waals surface area contributed by atoms with Crippen molar-refractivity contribution < 1.29 is 43.4 Å². The quantitative estimate of drug-likeness (QED) is 0.300. The van der Waals surface area contributed by atoms with Gasteiger partial charge in [-0.05, 0) is 13.4 Å². The zero-order chi connectivity index (χ0) is 27.6. The van der Waals surface area contributed by atoms with Crippen LogP contribution in [0.15, 0.2) is 72.8 Å². The van der Waals surface area contributed by atoms with Gasteiger partial charge in [0, 0.05) is 50.1 Å². The molecule has 192 valence electrons. The van der Waals surface area contributed by atoms with Crippen molar-refractivity contribution in [2.75, 3.05) is 21.1 Å². The van der Waals surface area contributed by atoms with E-state index in [1.54, 1.807) is 93.9 Å². The Kier molecular flexibility index (Phi) is 4.08. The summed E-state index contributed by atoms with van der Waals surface area (Å²) in [7, 11) is 5.32. The summed E-state index contributed by atoms with van der Waals surface area (Å²) in [4.78, 5) is 39.1. The first-order valence-corrected chi connectivity index (χ1v) is 12.1. The lowest BCUT2D eigenvalue weighted by Crippen LogP contribution is -2.87. The Morgan fingerprint density at radius 2 is 0.718 bits per heavy atom. The topological polar surface area (TPSA) is 121 Å². The van der Waals surface area contributed by atoms with E-state index in [2.05, 4.69) is 0 Å². The zero-order valence-corrected chi connectivity index (χ0v) is 21.2. The molecule has 0 saturated carbocycles. The maximum Gasteiger partial charge on any atom is 0.610 e. The van der Waals surface area contributed by atoms with Gasteiger partial charge in [0.1, 0.15) is 21.1 Å². The van der Waals surface area contributed by atoms with Crippen molar-refractivity contribution >= 4 is 70.3 Å². The molecule has 0 spiro atoms. The highest BCUT2D eigenvalue weighted by atomic mass is 16.4. The van der Waals surface area contributed by atoms with Crippen molar-refractivity contribution in [2.45, 2.75) is 0 Å². The third-order valence-electron chi connectivity index (χ3n) is 8.39. The lowest BCUT2D eigenvalue weighted by atomic mass is 10.1.